The highest BCUT2D eigenvalue weighted by molar-refractivity contribution is 7.84. The van der Waals surface area contributed by atoms with Gasteiger partial charge in [0.25, 0.3) is 0 Å². The van der Waals surface area contributed by atoms with Crippen LogP contribution >= 0.6 is 0 Å². The summed E-state index contributed by atoms with van der Waals surface area (Å²) < 4.78 is 25.7. The maximum absolute atomic E-state index is 13.3. The van der Waals surface area contributed by atoms with Crippen LogP contribution in [0.15, 0.2) is 41.3 Å². The van der Waals surface area contributed by atoms with E-state index in [4.69, 9.17) is 5.26 Å². The summed E-state index contributed by atoms with van der Waals surface area (Å²) in [5.41, 5.74) is 3.35. The Balaban J connectivity index is 1.82. The second kappa shape index (κ2) is 5.79. The second-order valence-electron chi connectivity index (χ2n) is 5.20. The van der Waals surface area contributed by atoms with Gasteiger partial charge in [-0.15, -0.1) is 0 Å². The van der Waals surface area contributed by atoms with Crippen LogP contribution < -0.4 is 0 Å². The molecule has 2 aromatic carbocycles. The molecule has 0 saturated heterocycles. The molecule has 0 aromatic heterocycles. The summed E-state index contributed by atoms with van der Waals surface area (Å²) in [5.74, 6) is -0.238. The van der Waals surface area contributed by atoms with Crippen molar-refractivity contribution in [3.05, 3.63) is 64.5 Å². The number of aryl methyl sites for hydroxylation is 2. The van der Waals surface area contributed by atoms with E-state index in [2.05, 4.69) is 6.07 Å². The van der Waals surface area contributed by atoms with Gasteiger partial charge in [0.05, 0.1) is 22.1 Å². The molecule has 0 N–H and O–H groups in total. The van der Waals surface area contributed by atoms with Gasteiger partial charge in [-0.2, -0.15) is 5.26 Å². The summed E-state index contributed by atoms with van der Waals surface area (Å²) in [5, 5.41) is 8.83. The molecule has 3 rings (SSSR count). The van der Waals surface area contributed by atoms with Gasteiger partial charge in [-0.25, -0.2) is 4.39 Å². The third-order valence-electron chi connectivity index (χ3n) is 3.78. The zero-order chi connectivity index (χ0) is 14.8. The summed E-state index contributed by atoms with van der Waals surface area (Å²) in [6.45, 7) is 0. The highest BCUT2D eigenvalue weighted by atomic mass is 32.2. The second-order valence-corrected chi connectivity index (χ2v) is 6.65. The Bertz CT molecular complexity index is 764. The molecule has 2 aromatic rings. The van der Waals surface area contributed by atoms with Gasteiger partial charge >= 0.3 is 0 Å². The monoisotopic (exact) mass is 299 g/mol. The number of rotatable bonds is 3. The lowest BCUT2D eigenvalue weighted by Crippen LogP contribution is -1.99. The van der Waals surface area contributed by atoms with Gasteiger partial charge in [-0.05, 0) is 60.2 Å². The Labute approximate surface area is 125 Å². The third kappa shape index (κ3) is 2.88. The Morgan fingerprint density at radius 3 is 2.76 bits per heavy atom. The fourth-order valence-electron chi connectivity index (χ4n) is 2.67. The lowest BCUT2D eigenvalue weighted by atomic mass is 10.1. The van der Waals surface area contributed by atoms with Gasteiger partial charge in [0, 0.05) is 4.90 Å². The lowest BCUT2D eigenvalue weighted by molar-refractivity contribution is 0.623. The van der Waals surface area contributed by atoms with E-state index in [1.54, 1.807) is 6.07 Å². The molecule has 106 valence electrons. The van der Waals surface area contributed by atoms with E-state index in [1.807, 2.05) is 18.2 Å². The summed E-state index contributed by atoms with van der Waals surface area (Å²) in [7, 11) is -1.18. The van der Waals surface area contributed by atoms with E-state index in [1.165, 1.54) is 23.3 Å². The highest BCUT2D eigenvalue weighted by Crippen LogP contribution is 2.25. The topological polar surface area (TPSA) is 40.9 Å². The first-order chi connectivity index (χ1) is 10.2. The minimum absolute atomic E-state index is 0.00143. The average Bonchev–Trinajstić information content (AvgIpc) is 2.96. The van der Waals surface area contributed by atoms with Crippen LogP contribution in [0.1, 0.15) is 28.7 Å². The number of halogens is 1. The van der Waals surface area contributed by atoms with E-state index in [0.29, 0.717) is 11.3 Å². The molecule has 1 aliphatic carbocycles. The predicted octanol–water partition coefficient (Wildman–Crippen LogP) is 3.49. The molecule has 0 bridgehead atoms. The first-order valence-electron chi connectivity index (χ1n) is 6.86. The van der Waals surface area contributed by atoms with Gasteiger partial charge < -0.3 is 0 Å². The number of fused-ring (bicyclic) bond motifs is 1. The van der Waals surface area contributed by atoms with E-state index in [0.717, 1.165) is 24.2 Å². The molecular formula is C17H14FNOS. The van der Waals surface area contributed by atoms with Crippen LogP contribution in [-0.4, -0.2) is 4.21 Å². The van der Waals surface area contributed by atoms with Crippen molar-refractivity contribution in [2.45, 2.75) is 29.9 Å². The van der Waals surface area contributed by atoms with Crippen LogP contribution in [0.25, 0.3) is 0 Å². The number of hydrogen-bond donors (Lipinski definition) is 0. The van der Waals surface area contributed by atoms with Gasteiger partial charge in [0.1, 0.15) is 11.9 Å². The van der Waals surface area contributed by atoms with Crippen molar-refractivity contribution in [3.8, 4) is 6.07 Å². The Morgan fingerprint density at radius 2 is 1.95 bits per heavy atom. The van der Waals surface area contributed by atoms with Crippen LogP contribution in [0.5, 0.6) is 0 Å². The van der Waals surface area contributed by atoms with Gasteiger partial charge in [-0.1, -0.05) is 12.1 Å². The molecule has 4 heteroatoms. The van der Waals surface area contributed by atoms with Crippen LogP contribution in [0.4, 0.5) is 4.39 Å². The largest absolute Gasteiger partial charge is 0.254 e. The van der Waals surface area contributed by atoms with Gasteiger partial charge in [0.2, 0.25) is 0 Å². The van der Waals surface area contributed by atoms with Crippen LogP contribution in [-0.2, 0) is 29.4 Å². The molecule has 1 aliphatic rings. The highest BCUT2D eigenvalue weighted by Gasteiger charge is 2.14. The smallest absolute Gasteiger partial charge is 0.140 e. The lowest BCUT2D eigenvalue weighted by Gasteiger charge is -2.06. The summed E-state index contributed by atoms with van der Waals surface area (Å²) >= 11 is 0. The Morgan fingerprint density at radius 1 is 1.14 bits per heavy atom. The maximum Gasteiger partial charge on any atom is 0.140 e. The molecular weight excluding hydrogens is 285 g/mol. The molecule has 0 aliphatic heterocycles. The zero-order valence-corrected chi connectivity index (χ0v) is 12.3. The molecule has 0 amide bonds. The number of nitrogens with zero attached hydrogens (tertiary/aromatic N) is 1. The van der Waals surface area contributed by atoms with Crippen molar-refractivity contribution in [1.82, 2.24) is 0 Å². The molecule has 0 spiro atoms. The third-order valence-corrected chi connectivity index (χ3v) is 5.16. The molecule has 1 unspecified atom stereocenters. The van der Waals surface area contributed by atoms with Crippen molar-refractivity contribution in [2.75, 3.05) is 0 Å². The minimum Gasteiger partial charge on any atom is -0.254 e. The number of benzene rings is 2. The molecule has 0 saturated carbocycles. The average molecular weight is 299 g/mol. The van der Waals surface area contributed by atoms with Crippen molar-refractivity contribution in [3.63, 3.8) is 0 Å². The van der Waals surface area contributed by atoms with Crippen LogP contribution in [0, 0.1) is 17.1 Å². The Hall–Kier alpha value is -1.99. The van der Waals surface area contributed by atoms with E-state index < -0.39 is 16.6 Å². The van der Waals surface area contributed by atoms with Crippen molar-refractivity contribution in [2.24, 2.45) is 0 Å². The summed E-state index contributed by atoms with van der Waals surface area (Å²) in [4.78, 5) is 0.804. The zero-order valence-electron chi connectivity index (χ0n) is 11.4. The van der Waals surface area contributed by atoms with Crippen molar-refractivity contribution < 1.29 is 8.60 Å². The minimum atomic E-state index is -1.18. The normalized spacial score (nSPS) is 14.5. The van der Waals surface area contributed by atoms with Crippen LogP contribution in [0.2, 0.25) is 0 Å². The quantitative estimate of drug-likeness (QED) is 0.870. The SMILES string of the molecule is N#Cc1cc(CS(=O)c2ccc3c(c2)CCC3)ccc1F. The van der Waals surface area contributed by atoms with Gasteiger partial charge in [0.15, 0.2) is 0 Å². The standard InChI is InChI=1S/C17H14FNOS/c18-17-7-4-12(8-15(17)10-19)11-21(20)16-6-5-13-2-1-3-14(13)9-16/h4-9H,1-3,11H2. The molecule has 0 radical (unpaired) electrons. The van der Waals surface area contributed by atoms with Crippen LogP contribution in [0.3, 0.4) is 0 Å². The fraction of sp³-hybridized carbons (Fsp3) is 0.235. The molecule has 1 atom stereocenters. The molecule has 0 heterocycles. The maximum atomic E-state index is 13.3. The van der Waals surface area contributed by atoms with E-state index >= 15 is 0 Å². The number of hydrogen-bond acceptors (Lipinski definition) is 2. The first-order valence-corrected chi connectivity index (χ1v) is 8.18. The first kappa shape index (κ1) is 14.0. The molecule has 2 nitrogen and oxygen atoms in total. The Kier molecular flexibility index (Phi) is 3.85. The van der Waals surface area contributed by atoms with Crippen molar-refractivity contribution in [1.29, 1.82) is 5.26 Å². The fourth-order valence-corrected chi connectivity index (χ4v) is 3.81. The predicted molar refractivity (Wildman–Crippen MR) is 79.7 cm³/mol. The van der Waals surface area contributed by atoms with Crippen molar-refractivity contribution >= 4 is 10.8 Å². The van der Waals surface area contributed by atoms with Gasteiger partial charge in [-0.3, -0.25) is 4.21 Å². The summed E-state index contributed by atoms with van der Waals surface area (Å²) in [6, 6.07) is 12.1. The molecule has 0 fully saturated rings. The van der Waals surface area contributed by atoms with E-state index in [9.17, 15) is 8.60 Å². The van der Waals surface area contributed by atoms with E-state index in [-0.39, 0.29) is 5.56 Å². The number of nitriles is 1. The summed E-state index contributed by atoms with van der Waals surface area (Å²) in [6.07, 6.45) is 3.32. The molecule has 21 heavy (non-hydrogen) atoms.